The minimum absolute atomic E-state index is 0.262. The first-order valence-electron chi connectivity index (χ1n) is 8.84. The monoisotopic (exact) mass is 422 g/mol. The highest BCUT2D eigenvalue weighted by atomic mass is 35.5. The molecule has 0 saturated heterocycles. The van der Waals surface area contributed by atoms with Gasteiger partial charge in [-0.05, 0) is 35.9 Å². The zero-order valence-electron chi connectivity index (χ0n) is 14.9. The van der Waals surface area contributed by atoms with Gasteiger partial charge < -0.3 is 9.97 Å². The minimum Gasteiger partial charge on any atom is -0.338 e. The number of aromatic nitrogens is 4. The van der Waals surface area contributed by atoms with Crippen molar-refractivity contribution in [1.82, 2.24) is 19.9 Å². The van der Waals surface area contributed by atoms with Gasteiger partial charge in [0.05, 0.1) is 33.5 Å². The van der Waals surface area contributed by atoms with Crippen LogP contribution in [0.25, 0.3) is 45.1 Å². The maximum Gasteiger partial charge on any atom is 0.142 e. The summed E-state index contributed by atoms with van der Waals surface area (Å²) >= 11 is 12.2. The van der Waals surface area contributed by atoms with Crippen molar-refractivity contribution in [3.63, 3.8) is 0 Å². The van der Waals surface area contributed by atoms with Gasteiger partial charge in [0.1, 0.15) is 17.5 Å². The van der Waals surface area contributed by atoms with Gasteiger partial charge in [0.15, 0.2) is 0 Å². The molecule has 0 bridgehead atoms. The van der Waals surface area contributed by atoms with Crippen LogP contribution in [0.5, 0.6) is 0 Å². The van der Waals surface area contributed by atoms with Crippen molar-refractivity contribution in [3.8, 4) is 34.0 Å². The van der Waals surface area contributed by atoms with Crippen molar-refractivity contribution >= 4 is 34.2 Å². The van der Waals surface area contributed by atoms with Crippen molar-refractivity contribution in [2.75, 3.05) is 0 Å². The predicted octanol–water partition coefficient (Wildman–Crippen LogP) is 6.73. The summed E-state index contributed by atoms with van der Waals surface area (Å²) in [6, 6.07) is 17.9. The van der Waals surface area contributed by atoms with Gasteiger partial charge in [-0.15, -0.1) is 0 Å². The Bertz CT molecular complexity index is 1320. The molecule has 5 aromatic rings. The van der Waals surface area contributed by atoms with Gasteiger partial charge in [-0.2, -0.15) is 0 Å². The molecule has 3 aromatic carbocycles. The number of fused-ring (bicyclic) bond motifs is 1. The second-order valence-corrected chi connectivity index (χ2v) is 7.41. The van der Waals surface area contributed by atoms with Crippen LogP contribution in [0.2, 0.25) is 10.0 Å². The van der Waals surface area contributed by atoms with E-state index in [4.69, 9.17) is 23.2 Å². The zero-order valence-corrected chi connectivity index (χ0v) is 16.4. The predicted molar refractivity (Wildman–Crippen MR) is 115 cm³/mol. The summed E-state index contributed by atoms with van der Waals surface area (Å²) in [5.74, 6) is 0.734. The molecule has 29 heavy (non-hydrogen) atoms. The summed E-state index contributed by atoms with van der Waals surface area (Å²) in [4.78, 5) is 15.3. The Kier molecular flexibility index (Phi) is 4.34. The molecule has 0 unspecified atom stereocenters. The normalized spacial score (nSPS) is 11.3. The summed E-state index contributed by atoms with van der Waals surface area (Å²) in [6.45, 7) is 0. The molecule has 0 spiro atoms. The van der Waals surface area contributed by atoms with E-state index in [1.807, 2.05) is 42.5 Å². The molecule has 0 aliphatic carbocycles. The van der Waals surface area contributed by atoms with E-state index in [0.717, 1.165) is 33.7 Å². The van der Waals surface area contributed by atoms with Crippen LogP contribution in [-0.2, 0) is 0 Å². The molecule has 2 N–H and O–H groups in total. The summed E-state index contributed by atoms with van der Waals surface area (Å²) < 4.78 is 14.1. The van der Waals surface area contributed by atoms with Crippen molar-refractivity contribution in [1.29, 1.82) is 0 Å². The van der Waals surface area contributed by atoms with E-state index in [9.17, 15) is 4.39 Å². The van der Waals surface area contributed by atoms with E-state index in [1.54, 1.807) is 18.3 Å². The quantitative estimate of drug-likeness (QED) is 0.338. The molecular weight excluding hydrogens is 410 g/mol. The third-order valence-corrected chi connectivity index (χ3v) is 5.24. The SMILES string of the molecule is Fc1cccc(Cl)c1-c1ncc(-c2ccc(-c3nc4ccc(Cl)cc4[nH]3)cc2)[nH]1. The highest BCUT2D eigenvalue weighted by Crippen LogP contribution is 2.31. The van der Waals surface area contributed by atoms with Crippen LogP contribution in [0.15, 0.2) is 66.9 Å². The standard InChI is InChI=1S/C22H13Cl2FN4/c23-14-8-9-17-18(10-14)28-21(27-17)13-6-4-12(5-7-13)19-11-26-22(29-19)20-15(24)2-1-3-16(20)25/h1-11H,(H,26,29)(H,27,28). The van der Waals surface area contributed by atoms with Crippen LogP contribution in [0.1, 0.15) is 0 Å². The topological polar surface area (TPSA) is 57.4 Å². The van der Waals surface area contributed by atoms with E-state index in [2.05, 4.69) is 19.9 Å². The summed E-state index contributed by atoms with van der Waals surface area (Å²) in [5, 5.41) is 0.972. The first kappa shape index (κ1) is 17.9. The number of H-pyrrole nitrogens is 2. The second-order valence-electron chi connectivity index (χ2n) is 6.57. The number of aromatic amines is 2. The number of nitrogens with one attached hydrogen (secondary N) is 2. The average molecular weight is 423 g/mol. The molecule has 0 atom stereocenters. The van der Waals surface area contributed by atoms with Gasteiger partial charge in [0.2, 0.25) is 0 Å². The Labute approximate surface area is 175 Å². The van der Waals surface area contributed by atoms with E-state index in [1.165, 1.54) is 6.07 Å². The molecule has 7 heteroatoms. The molecule has 2 heterocycles. The van der Waals surface area contributed by atoms with Gasteiger partial charge in [-0.1, -0.05) is 53.5 Å². The Hall–Kier alpha value is -3.15. The van der Waals surface area contributed by atoms with E-state index in [0.29, 0.717) is 15.9 Å². The smallest absolute Gasteiger partial charge is 0.142 e. The lowest BCUT2D eigenvalue weighted by atomic mass is 10.1. The van der Waals surface area contributed by atoms with Gasteiger partial charge in [-0.3, -0.25) is 0 Å². The number of hydrogen-bond donors (Lipinski definition) is 2. The van der Waals surface area contributed by atoms with Gasteiger partial charge in [0, 0.05) is 10.6 Å². The van der Waals surface area contributed by atoms with Gasteiger partial charge in [-0.25, -0.2) is 14.4 Å². The number of halogens is 3. The number of hydrogen-bond acceptors (Lipinski definition) is 2. The highest BCUT2D eigenvalue weighted by Gasteiger charge is 2.14. The first-order chi connectivity index (χ1) is 14.1. The molecule has 0 fully saturated rings. The number of rotatable bonds is 3. The molecule has 0 radical (unpaired) electrons. The fourth-order valence-electron chi connectivity index (χ4n) is 3.25. The lowest BCUT2D eigenvalue weighted by Crippen LogP contribution is -1.88. The maximum atomic E-state index is 14.1. The van der Waals surface area contributed by atoms with Crippen LogP contribution in [0.4, 0.5) is 4.39 Å². The van der Waals surface area contributed by atoms with Crippen LogP contribution in [-0.4, -0.2) is 19.9 Å². The first-order valence-corrected chi connectivity index (χ1v) is 9.59. The lowest BCUT2D eigenvalue weighted by molar-refractivity contribution is 0.630. The molecular formula is C22H13Cl2FN4. The van der Waals surface area contributed by atoms with Crippen molar-refractivity contribution < 1.29 is 4.39 Å². The van der Waals surface area contributed by atoms with Crippen LogP contribution >= 0.6 is 23.2 Å². The molecule has 2 aromatic heterocycles. The lowest BCUT2D eigenvalue weighted by Gasteiger charge is -2.03. The Morgan fingerprint density at radius 3 is 2.41 bits per heavy atom. The van der Waals surface area contributed by atoms with Crippen LogP contribution < -0.4 is 0 Å². The number of benzene rings is 3. The molecule has 5 rings (SSSR count). The summed E-state index contributed by atoms with van der Waals surface area (Å²) in [5.41, 5.74) is 4.63. The third kappa shape index (κ3) is 3.28. The molecule has 0 aliphatic heterocycles. The Morgan fingerprint density at radius 2 is 1.62 bits per heavy atom. The summed E-state index contributed by atoms with van der Waals surface area (Å²) in [6.07, 6.45) is 1.66. The van der Waals surface area contributed by atoms with E-state index < -0.39 is 5.82 Å². The maximum absolute atomic E-state index is 14.1. The van der Waals surface area contributed by atoms with Crippen molar-refractivity contribution in [2.24, 2.45) is 0 Å². The van der Waals surface area contributed by atoms with E-state index >= 15 is 0 Å². The molecule has 0 aliphatic rings. The second kappa shape index (κ2) is 7.03. The third-order valence-electron chi connectivity index (χ3n) is 4.69. The van der Waals surface area contributed by atoms with Crippen molar-refractivity contribution in [3.05, 3.63) is 82.7 Å². The fraction of sp³-hybridized carbons (Fsp3) is 0. The Balaban J connectivity index is 1.47. The number of nitrogens with zero attached hydrogens (tertiary/aromatic N) is 2. The zero-order chi connectivity index (χ0) is 20.0. The molecule has 4 nitrogen and oxygen atoms in total. The van der Waals surface area contributed by atoms with E-state index in [-0.39, 0.29) is 5.56 Å². The average Bonchev–Trinajstić information content (AvgIpc) is 3.35. The fourth-order valence-corrected chi connectivity index (χ4v) is 3.67. The molecule has 0 saturated carbocycles. The molecule has 0 amide bonds. The van der Waals surface area contributed by atoms with Crippen LogP contribution in [0, 0.1) is 5.82 Å². The Morgan fingerprint density at radius 1 is 0.828 bits per heavy atom. The van der Waals surface area contributed by atoms with Gasteiger partial charge >= 0.3 is 0 Å². The van der Waals surface area contributed by atoms with Gasteiger partial charge in [0.25, 0.3) is 0 Å². The number of imidazole rings is 2. The molecule has 142 valence electrons. The summed E-state index contributed by atoms with van der Waals surface area (Å²) in [7, 11) is 0. The van der Waals surface area contributed by atoms with Crippen LogP contribution in [0.3, 0.4) is 0 Å². The highest BCUT2D eigenvalue weighted by molar-refractivity contribution is 6.33. The van der Waals surface area contributed by atoms with Crippen molar-refractivity contribution in [2.45, 2.75) is 0 Å². The largest absolute Gasteiger partial charge is 0.338 e. The minimum atomic E-state index is -0.418.